The van der Waals surface area contributed by atoms with Crippen LogP contribution >= 0.6 is 23.2 Å². The lowest BCUT2D eigenvalue weighted by molar-refractivity contribution is -0.127. The Bertz CT molecular complexity index is 1320. The predicted molar refractivity (Wildman–Crippen MR) is 162 cm³/mol. The normalized spacial score (nSPS) is 17.8. The summed E-state index contributed by atoms with van der Waals surface area (Å²) in [5, 5.41) is 13.5. The van der Waals surface area contributed by atoms with Crippen molar-refractivity contribution >= 4 is 35.1 Å². The van der Waals surface area contributed by atoms with Crippen LogP contribution in [0.5, 0.6) is 0 Å². The lowest BCUT2D eigenvalue weighted by atomic mass is 9.80. The number of ether oxygens (including phenoxy) is 1. The first-order valence-corrected chi connectivity index (χ1v) is 15.3. The number of halogens is 2. The van der Waals surface area contributed by atoms with Crippen molar-refractivity contribution in [3.8, 4) is 11.3 Å². The molecule has 2 N–H and O–H groups in total. The van der Waals surface area contributed by atoms with Gasteiger partial charge in [-0.15, -0.1) is 0 Å². The van der Waals surface area contributed by atoms with Gasteiger partial charge in [-0.25, -0.2) is 9.78 Å². The third-order valence-corrected chi connectivity index (χ3v) is 8.49. The largest absolute Gasteiger partial charge is 0.478 e. The second-order valence-corrected chi connectivity index (χ2v) is 11.7. The molecule has 3 aromatic rings. The van der Waals surface area contributed by atoms with E-state index in [1.165, 1.54) is 0 Å². The van der Waals surface area contributed by atoms with E-state index in [1.54, 1.807) is 36.4 Å². The predicted octanol–water partition coefficient (Wildman–Crippen LogP) is 7.95. The highest BCUT2D eigenvalue weighted by Crippen LogP contribution is 2.33. The summed E-state index contributed by atoms with van der Waals surface area (Å²) in [7, 11) is 0. The van der Waals surface area contributed by atoms with E-state index in [4.69, 9.17) is 32.9 Å². The number of nitrogens with one attached hydrogen (secondary N) is 1. The maximum Gasteiger partial charge on any atom is 0.335 e. The molecule has 0 unspecified atom stereocenters. The number of carbonyl (C=O) groups excluding carboxylic acids is 1. The fraction of sp³-hybridized carbons (Fsp3) is 0.469. The van der Waals surface area contributed by atoms with Crippen molar-refractivity contribution in [1.29, 1.82) is 0 Å². The zero-order valence-corrected chi connectivity index (χ0v) is 25.3. The zero-order valence-electron chi connectivity index (χ0n) is 23.7. The number of nitrogens with zero attached hydrogens (tertiary/aromatic N) is 2. The number of hydrogen-bond donors (Lipinski definition) is 2. The summed E-state index contributed by atoms with van der Waals surface area (Å²) in [6.07, 6.45) is 9.04. The minimum absolute atomic E-state index is 0.0203. The molecule has 0 radical (unpaired) electrons. The SMILES string of the molecule is CCCCn1cc(-c2ccc(Cl)cc2Cl)nc1[C@@H](COCc1ccc(C(=O)O)cc1)NC(=O)[C@H]1CC[C@H](CC)CC1. The van der Waals surface area contributed by atoms with Crippen LogP contribution < -0.4 is 5.32 Å². The lowest BCUT2D eigenvalue weighted by Gasteiger charge is -2.29. The molecule has 0 spiro atoms. The van der Waals surface area contributed by atoms with Crippen molar-refractivity contribution in [3.05, 3.63) is 75.7 Å². The van der Waals surface area contributed by atoms with E-state index in [2.05, 4.69) is 23.7 Å². The minimum atomic E-state index is -0.969. The number of aryl methyl sites for hydroxylation is 1. The van der Waals surface area contributed by atoms with E-state index in [0.717, 1.165) is 68.4 Å². The van der Waals surface area contributed by atoms with Gasteiger partial charge < -0.3 is 19.7 Å². The number of rotatable bonds is 13. The van der Waals surface area contributed by atoms with Gasteiger partial charge in [0.05, 0.1) is 29.5 Å². The standard InChI is InChI=1S/C32H39Cl2N3O4/c1-3-5-16-37-18-28(26-15-14-25(33)17-27(26)34)35-30(37)29(36-31(38)23-10-6-21(4-2)7-11-23)20-41-19-22-8-12-24(13-9-22)32(39)40/h8-9,12-15,17-18,21,23,29H,3-7,10-11,16,19-20H2,1-2H3,(H,36,38)(H,39,40)/t21-,23-,29-/m1/s1. The Balaban J connectivity index is 1.58. The van der Waals surface area contributed by atoms with E-state index >= 15 is 0 Å². The summed E-state index contributed by atoms with van der Waals surface area (Å²) in [5.74, 6) is 0.466. The monoisotopic (exact) mass is 599 g/mol. The van der Waals surface area contributed by atoms with Gasteiger partial charge in [0.1, 0.15) is 11.9 Å². The number of carbonyl (C=O) groups is 2. The number of aromatic nitrogens is 2. The molecule has 1 aliphatic carbocycles. The molecule has 41 heavy (non-hydrogen) atoms. The van der Waals surface area contributed by atoms with Crippen LogP contribution in [0.15, 0.2) is 48.7 Å². The van der Waals surface area contributed by atoms with Crippen LogP contribution in [-0.4, -0.2) is 33.1 Å². The first-order chi connectivity index (χ1) is 19.8. The summed E-state index contributed by atoms with van der Waals surface area (Å²) in [6.45, 7) is 5.59. The number of hydrogen-bond acceptors (Lipinski definition) is 4. The molecule has 1 aromatic heterocycles. The highest BCUT2D eigenvalue weighted by Gasteiger charge is 2.29. The number of benzene rings is 2. The van der Waals surface area contributed by atoms with Crippen LogP contribution in [0.25, 0.3) is 11.3 Å². The molecule has 0 saturated heterocycles. The number of imidazole rings is 1. The highest BCUT2D eigenvalue weighted by molar-refractivity contribution is 6.36. The van der Waals surface area contributed by atoms with Crippen LogP contribution in [-0.2, 0) is 22.7 Å². The molecular weight excluding hydrogens is 561 g/mol. The highest BCUT2D eigenvalue weighted by atomic mass is 35.5. The Hall–Kier alpha value is -2.87. The Morgan fingerprint density at radius 3 is 2.46 bits per heavy atom. The first kappa shape index (κ1) is 31.1. The lowest BCUT2D eigenvalue weighted by Crippen LogP contribution is -2.38. The minimum Gasteiger partial charge on any atom is -0.478 e. The number of amides is 1. The number of carboxylic acids is 1. The quantitative estimate of drug-likeness (QED) is 0.208. The number of aromatic carboxylic acids is 1. The Labute approximate surface area is 252 Å². The summed E-state index contributed by atoms with van der Waals surface area (Å²) in [5.41, 5.74) is 2.56. The Kier molecular flexibility index (Phi) is 11.3. The van der Waals surface area contributed by atoms with Crippen molar-refractivity contribution < 1.29 is 19.4 Å². The van der Waals surface area contributed by atoms with E-state index in [1.807, 2.05) is 12.3 Å². The molecule has 1 atom stereocenters. The third-order valence-electron chi connectivity index (χ3n) is 7.94. The number of carboxylic acid groups (broad SMARTS) is 1. The summed E-state index contributed by atoms with van der Waals surface area (Å²) < 4.78 is 8.21. The van der Waals surface area contributed by atoms with Crippen LogP contribution in [0.3, 0.4) is 0 Å². The summed E-state index contributed by atoms with van der Waals surface area (Å²) >= 11 is 12.7. The average Bonchev–Trinajstić information content (AvgIpc) is 3.39. The summed E-state index contributed by atoms with van der Waals surface area (Å²) in [6, 6.07) is 11.5. The average molecular weight is 601 g/mol. The van der Waals surface area contributed by atoms with Gasteiger partial charge in [-0.3, -0.25) is 4.79 Å². The van der Waals surface area contributed by atoms with E-state index < -0.39 is 12.0 Å². The van der Waals surface area contributed by atoms with Crippen molar-refractivity contribution in [1.82, 2.24) is 14.9 Å². The van der Waals surface area contributed by atoms with Crippen LogP contribution in [0.1, 0.15) is 86.6 Å². The molecule has 1 aliphatic rings. The fourth-order valence-corrected chi connectivity index (χ4v) is 5.89. The maximum absolute atomic E-state index is 13.5. The van der Waals surface area contributed by atoms with E-state index in [-0.39, 0.29) is 30.6 Å². The smallest absolute Gasteiger partial charge is 0.335 e. The maximum atomic E-state index is 13.5. The van der Waals surface area contributed by atoms with Gasteiger partial charge >= 0.3 is 5.97 Å². The van der Waals surface area contributed by atoms with E-state index in [9.17, 15) is 14.7 Å². The van der Waals surface area contributed by atoms with Crippen LogP contribution in [0.4, 0.5) is 0 Å². The molecular formula is C32H39Cl2N3O4. The molecule has 1 fully saturated rings. The van der Waals surface area contributed by atoms with Crippen molar-refractivity contribution in [2.45, 2.75) is 78.0 Å². The molecule has 9 heteroatoms. The molecule has 1 saturated carbocycles. The van der Waals surface area contributed by atoms with Gasteiger partial charge in [0.25, 0.3) is 0 Å². The number of unbranched alkanes of at least 4 members (excludes halogenated alkanes) is 1. The van der Waals surface area contributed by atoms with Gasteiger partial charge in [-0.1, -0.05) is 62.0 Å². The Morgan fingerprint density at radius 1 is 1.10 bits per heavy atom. The van der Waals surface area contributed by atoms with Crippen molar-refractivity contribution in [3.63, 3.8) is 0 Å². The van der Waals surface area contributed by atoms with Gasteiger partial charge in [0.2, 0.25) is 5.91 Å². The third kappa shape index (κ3) is 8.34. The van der Waals surface area contributed by atoms with Crippen LogP contribution in [0.2, 0.25) is 10.0 Å². The molecule has 0 aliphatic heterocycles. The first-order valence-electron chi connectivity index (χ1n) is 14.5. The second-order valence-electron chi connectivity index (χ2n) is 10.9. The van der Waals surface area contributed by atoms with E-state index in [0.29, 0.717) is 21.7 Å². The molecule has 4 rings (SSSR count). The van der Waals surface area contributed by atoms with Crippen LogP contribution in [0, 0.1) is 11.8 Å². The molecule has 7 nitrogen and oxygen atoms in total. The molecule has 2 aromatic carbocycles. The zero-order chi connectivity index (χ0) is 29.4. The topological polar surface area (TPSA) is 93.5 Å². The molecule has 0 bridgehead atoms. The van der Waals surface area contributed by atoms with Crippen molar-refractivity contribution in [2.75, 3.05) is 6.61 Å². The summed E-state index contributed by atoms with van der Waals surface area (Å²) in [4.78, 5) is 29.7. The fourth-order valence-electron chi connectivity index (χ4n) is 5.38. The van der Waals surface area contributed by atoms with Crippen molar-refractivity contribution in [2.24, 2.45) is 11.8 Å². The van der Waals surface area contributed by atoms with Gasteiger partial charge in [-0.2, -0.15) is 0 Å². The van der Waals surface area contributed by atoms with Gasteiger partial charge in [0.15, 0.2) is 0 Å². The molecule has 1 heterocycles. The van der Waals surface area contributed by atoms with Gasteiger partial charge in [0, 0.05) is 29.2 Å². The Morgan fingerprint density at radius 2 is 1.83 bits per heavy atom. The molecule has 1 amide bonds. The molecule has 220 valence electrons. The van der Waals surface area contributed by atoms with Gasteiger partial charge in [-0.05, 0) is 73.9 Å². The second kappa shape index (κ2) is 14.9.